The number of non-ortho nitro benzene ring substituents is 1. The summed E-state index contributed by atoms with van der Waals surface area (Å²) in [5.74, 6) is -0.224. The third-order valence-electron chi connectivity index (χ3n) is 6.35. The topological polar surface area (TPSA) is 125 Å². The molecule has 2 aliphatic heterocycles. The molecule has 35 heavy (non-hydrogen) atoms. The van der Waals surface area contributed by atoms with Gasteiger partial charge in [0.15, 0.2) is 0 Å². The number of rotatable bonds is 6. The zero-order chi connectivity index (χ0) is 24.9. The van der Waals surface area contributed by atoms with Crippen LogP contribution in [-0.2, 0) is 9.59 Å². The van der Waals surface area contributed by atoms with Crippen LogP contribution in [0, 0.1) is 10.1 Å². The van der Waals surface area contributed by atoms with Crippen molar-refractivity contribution in [1.29, 1.82) is 0 Å². The van der Waals surface area contributed by atoms with Crippen molar-refractivity contribution < 1.29 is 24.0 Å². The molecule has 2 fully saturated rings. The Kier molecular flexibility index (Phi) is 7.14. The summed E-state index contributed by atoms with van der Waals surface area (Å²) >= 11 is 0. The molecule has 11 nitrogen and oxygen atoms in total. The maximum Gasteiger partial charge on any atom is 0.269 e. The maximum absolute atomic E-state index is 13.1. The third-order valence-corrected chi connectivity index (χ3v) is 6.35. The number of benzene rings is 2. The molecule has 1 atom stereocenters. The Bertz CT molecular complexity index is 1100. The van der Waals surface area contributed by atoms with Crippen LogP contribution in [0.25, 0.3) is 0 Å². The molecule has 2 aliphatic rings. The molecule has 0 radical (unpaired) electrons. The van der Waals surface area contributed by atoms with Crippen molar-refractivity contribution in [2.24, 2.45) is 0 Å². The second kappa shape index (κ2) is 10.4. The van der Waals surface area contributed by atoms with Crippen LogP contribution in [0.1, 0.15) is 16.8 Å². The maximum atomic E-state index is 13.1. The molecule has 0 saturated carbocycles. The van der Waals surface area contributed by atoms with E-state index in [9.17, 15) is 24.5 Å². The number of carbonyl (C=O) groups excluding carboxylic acids is 3. The Balaban J connectivity index is 1.38. The summed E-state index contributed by atoms with van der Waals surface area (Å²) in [4.78, 5) is 54.4. The fraction of sp³-hybridized carbons (Fsp3) is 0.375. The van der Waals surface area contributed by atoms with E-state index in [2.05, 4.69) is 10.2 Å². The van der Waals surface area contributed by atoms with E-state index in [1.54, 1.807) is 12.0 Å². The number of anilines is 1. The number of nitrogens with zero attached hydrogens (tertiary/aromatic N) is 4. The third kappa shape index (κ3) is 5.34. The van der Waals surface area contributed by atoms with Crippen molar-refractivity contribution in [3.63, 3.8) is 0 Å². The van der Waals surface area contributed by atoms with E-state index < -0.39 is 16.9 Å². The highest BCUT2D eigenvalue weighted by Gasteiger charge is 2.36. The highest BCUT2D eigenvalue weighted by atomic mass is 16.6. The van der Waals surface area contributed by atoms with Gasteiger partial charge in [0.1, 0.15) is 11.8 Å². The Morgan fingerprint density at radius 2 is 1.69 bits per heavy atom. The number of hydrogen-bond acceptors (Lipinski definition) is 7. The minimum Gasteiger partial charge on any atom is -0.497 e. The molecule has 2 aromatic rings. The average molecular weight is 482 g/mol. The van der Waals surface area contributed by atoms with Gasteiger partial charge in [-0.3, -0.25) is 24.5 Å². The van der Waals surface area contributed by atoms with Gasteiger partial charge in [0, 0.05) is 62.7 Å². The van der Waals surface area contributed by atoms with Crippen molar-refractivity contribution in [2.75, 3.05) is 51.3 Å². The van der Waals surface area contributed by atoms with Gasteiger partial charge in [-0.15, -0.1) is 0 Å². The summed E-state index contributed by atoms with van der Waals surface area (Å²) in [6.07, 6.45) is -0.118. The molecule has 0 spiro atoms. The van der Waals surface area contributed by atoms with E-state index in [1.165, 1.54) is 29.2 Å². The van der Waals surface area contributed by atoms with Crippen molar-refractivity contribution in [3.8, 4) is 5.75 Å². The number of piperazine rings is 2. The van der Waals surface area contributed by atoms with Crippen LogP contribution < -0.4 is 15.0 Å². The predicted molar refractivity (Wildman–Crippen MR) is 127 cm³/mol. The number of nitrogens with one attached hydrogen (secondary N) is 1. The monoisotopic (exact) mass is 481 g/mol. The average Bonchev–Trinajstić information content (AvgIpc) is 2.89. The Morgan fingerprint density at radius 1 is 1.03 bits per heavy atom. The van der Waals surface area contributed by atoms with E-state index >= 15 is 0 Å². The minimum atomic E-state index is -0.932. The number of carbonyl (C=O) groups is 3. The summed E-state index contributed by atoms with van der Waals surface area (Å²) in [7, 11) is 1.62. The molecule has 4 rings (SSSR count). The first-order valence-electron chi connectivity index (χ1n) is 11.4. The van der Waals surface area contributed by atoms with E-state index in [-0.39, 0.29) is 42.6 Å². The zero-order valence-corrected chi connectivity index (χ0v) is 19.4. The van der Waals surface area contributed by atoms with Gasteiger partial charge in [0.25, 0.3) is 11.6 Å². The number of amides is 3. The van der Waals surface area contributed by atoms with E-state index in [1.807, 2.05) is 24.3 Å². The van der Waals surface area contributed by atoms with Crippen molar-refractivity contribution in [1.82, 2.24) is 15.1 Å². The highest BCUT2D eigenvalue weighted by Crippen LogP contribution is 2.22. The molecule has 2 saturated heterocycles. The zero-order valence-electron chi connectivity index (χ0n) is 19.4. The normalized spacial score (nSPS) is 18.1. The second-order valence-electron chi connectivity index (χ2n) is 8.38. The van der Waals surface area contributed by atoms with Gasteiger partial charge < -0.3 is 24.8 Å². The Labute approximate surface area is 202 Å². The van der Waals surface area contributed by atoms with E-state index in [4.69, 9.17) is 4.74 Å². The first-order chi connectivity index (χ1) is 16.9. The number of ether oxygens (including phenoxy) is 1. The number of methoxy groups -OCH3 is 1. The van der Waals surface area contributed by atoms with Crippen LogP contribution in [0.2, 0.25) is 0 Å². The van der Waals surface area contributed by atoms with Crippen LogP contribution in [0.15, 0.2) is 48.5 Å². The number of nitro groups is 1. The second-order valence-corrected chi connectivity index (χ2v) is 8.38. The Hall–Kier alpha value is -4.15. The molecule has 0 aromatic heterocycles. The minimum absolute atomic E-state index is 0.118. The van der Waals surface area contributed by atoms with E-state index in [0.29, 0.717) is 26.2 Å². The highest BCUT2D eigenvalue weighted by molar-refractivity contribution is 5.99. The first-order valence-corrected chi connectivity index (χ1v) is 11.4. The van der Waals surface area contributed by atoms with Crippen molar-refractivity contribution >= 4 is 29.1 Å². The molecule has 1 N–H and O–H groups in total. The van der Waals surface area contributed by atoms with Gasteiger partial charge in [0.2, 0.25) is 11.8 Å². The molecule has 0 bridgehead atoms. The molecule has 0 aliphatic carbocycles. The Morgan fingerprint density at radius 3 is 2.29 bits per heavy atom. The summed E-state index contributed by atoms with van der Waals surface area (Å²) in [6, 6.07) is 12.0. The molecular weight excluding hydrogens is 454 g/mol. The fourth-order valence-electron chi connectivity index (χ4n) is 4.35. The van der Waals surface area contributed by atoms with Gasteiger partial charge in [-0.2, -0.15) is 0 Å². The number of nitro benzene ring substituents is 1. The summed E-state index contributed by atoms with van der Waals surface area (Å²) in [6.45, 7) is 2.86. The SMILES string of the molecule is COc1ccc(N2CCN(C(=O)C[C@H]3C(=O)NCCN3C(=O)c3ccc([N+](=O)[O-])cc3)CC2)cc1. The molecule has 2 aromatic carbocycles. The summed E-state index contributed by atoms with van der Waals surface area (Å²) in [5.41, 5.74) is 1.15. The molecular formula is C24H27N5O6. The first kappa shape index (κ1) is 24.0. The van der Waals surface area contributed by atoms with Gasteiger partial charge >= 0.3 is 0 Å². The van der Waals surface area contributed by atoms with Crippen molar-refractivity contribution in [3.05, 3.63) is 64.2 Å². The predicted octanol–water partition coefficient (Wildman–Crippen LogP) is 1.28. The standard InChI is InChI=1S/C24H27N5O6/c1-35-20-8-6-18(7-9-20)26-12-14-27(15-13-26)22(30)16-21-23(31)25-10-11-28(21)24(32)17-2-4-19(5-3-17)29(33)34/h2-9,21H,10-16H2,1H3,(H,25,31)/t21-/m0/s1. The molecule has 0 unspecified atom stereocenters. The van der Waals surface area contributed by atoms with E-state index in [0.717, 1.165) is 11.4 Å². The summed E-state index contributed by atoms with van der Waals surface area (Å²) < 4.78 is 5.20. The van der Waals surface area contributed by atoms with Gasteiger partial charge in [-0.05, 0) is 36.4 Å². The van der Waals surface area contributed by atoms with Crippen LogP contribution in [0.4, 0.5) is 11.4 Å². The molecule has 2 heterocycles. The van der Waals surface area contributed by atoms with Gasteiger partial charge in [0.05, 0.1) is 18.5 Å². The van der Waals surface area contributed by atoms with Crippen molar-refractivity contribution in [2.45, 2.75) is 12.5 Å². The fourth-order valence-corrected chi connectivity index (χ4v) is 4.35. The van der Waals surface area contributed by atoms with Crippen LogP contribution in [0.3, 0.4) is 0 Å². The molecule has 184 valence electrons. The van der Waals surface area contributed by atoms with Gasteiger partial charge in [-0.1, -0.05) is 0 Å². The van der Waals surface area contributed by atoms with Gasteiger partial charge in [-0.25, -0.2) is 0 Å². The summed E-state index contributed by atoms with van der Waals surface area (Å²) in [5, 5.41) is 13.6. The largest absolute Gasteiger partial charge is 0.497 e. The quantitative estimate of drug-likeness (QED) is 0.487. The lowest BCUT2D eigenvalue weighted by molar-refractivity contribution is -0.384. The lowest BCUT2D eigenvalue weighted by Crippen LogP contribution is -2.59. The molecule has 11 heteroatoms. The van der Waals surface area contributed by atoms with Crippen LogP contribution in [0.5, 0.6) is 5.75 Å². The van der Waals surface area contributed by atoms with Crippen LogP contribution in [-0.4, -0.2) is 84.9 Å². The molecule has 3 amide bonds. The lowest BCUT2D eigenvalue weighted by Gasteiger charge is -2.39. The smallest absolute Gasteiger partial charge is 0.269 e. The van der Waals surface area contributed by atoms with Crippen LogP contribution >= 0.6 is 0 Å². The lowest BCUT2D eigenvalue weighted by atomic mass is 10.0. The number of hydrogen-bond donors (Lipinski definition) is 1.